The Bertz CT molecular complexity index is 751. The summed E-state index contributed by atoms with van der Waals surface area (Å²) in [6.45, 7) is 11.9. The minimum Gasteiger partial charge on any atom is -0.459 e. The van der Waals surface area contributed by atoms with Gasteiger partial charge in [0.2, 0.25) is 5.91 Å². The second-order valence-electron chi connectivity index (χ2n) is 12.9. The summed E-state index contributed by atoms with van der Waals surface area (Å²) in [4.78, 5) is 27.0. The van der Waals surface area contributed by atoms with Gasteiger partial charge in [0.1, 0.15) is 18.4 Å². The van der Waals surface area contributed by atoms with Gasteiger partial charge in [-0.1, -0.05) is 0 Å². The van der Waals surface area contributed by atoms with Crippen molar-refractivity contribution in [2.24, 2.45) is 17.8 Å². The normalized spacial score (nSPS) is 32.9. The third-order valence-corrected chi connectivity index (χ3v) is 9.69. The molecule has 2 saturated heterocycles. The molecule has 0 aromatic heterocycles. The summed E-state index contributed by atoms with van der Waals surface area (Å²) in [6.07, 6.45) is 9.17. The van der Waals surface area contributed by atoms with Gasteiger partial charge in [0.15, 0.2) is 0 Å². The zero-order valence-corrected chi connectivity index (χ0v) is 25.3. The van der Waals surface area contributed by atoms with Crippen LogP contribution in [0, 0.1) is 17.8 Å². The molecule has 4 rings (SSSR count). The van der Waals surface area contributed by atoms with Crippen molar-refractivity contribution in [2.75, 3.05) is 57.4 Å². The number of ether oxygens (including phenoxy) is 2. The number of carbonyl (C=O) groups excluding carboxylic acids is 2. The first kappa shape index (κ1) is 31.0. The SMILES string of the molecule is CC(C)(C)OC(=O)CNC(=O)C1CCC(C2CNC(NC3CCC(OCCN4CCSCC4)CC3)NC2)CC1. The minimum absolute atomic E-state index is 0.00517. The van der Waals surface area contributed by atoms with E-state index in [9.17, 15) is 9.59 Å². The van der Waals surface area contributed by atoms with Crippen LogP contribution in [0.1, 0.15) is 72.1 Å². The number of hydrogen-bond donors (Lipinski definition) is 4. The van der Waals surface area contributed by atoms with E-state index in [1.54, 1.807) is 0 Å². The van der Waals surface area contributed by atoms with Crippen LogP contribution in [0.25, 0.3) is 0 Å². The molecule has 9 nitrogen and oxygen atoms in total. The molecular weight excluding hydrogens is 514 g/mol. The largest absolute Gasteiger partial charge is 0.459 e. The summed E-state index contributed by atoms with van der Waals surface area (Å²) in [5, 5.41) is 14.0. The standard InChI is InChI=1S/C29H53N5O4S/c1-29(2,3)38-26(35)20-30-27(36)22-6-4-21(5-7-22)23-18-31-28(32-19-23)33-24-8-10-25(11-9-24)37-15-12-34-13-16-39-17-14-34/h21-25,28,31-33H,4-20H2,1-3H3,(H,30,36). The fraction of sp³-hybridized carbons (Fsp3) is 0.931. The second-order valence-corrected chi connectivity index (χ2v) is 14.1. The van der Waals surface area contributed by atoms with Crippen molar-refractivity contribution >= 4 is 23.6 Å². The zero-order chi connectivity index (χ0) is 27.7. The van der Waals surface area contributed by atoms with Gasteiger partial charge >= 0.3 is 5.97 Å². The molecule has 224 valence electrons. The molecule has 4 fully saturated rings. The van der Waals surface area contributed by atoms with Crippen molar-refractivity contribution in [2.45, 2.75) is 96.2 Å². The van der Waals surface area contributed by atoms with E-state index in [4.69, 9.17) is 9.47 Å². The first-order valence-electron chi connectivity index (χ1n) is 15.4. The smallest absolute Gasteiger partial charge is 0.325 e. The third-order valence-electron chi connectivity index (χ3n) is 8.75. The van der Waals surface area contributed by atoms with Gasteiger partial charge in [-0.3, -0.25) is 30.4 Å². The Kier molecular flexibility index (Phi) is 12.2. The topological polar surface area (TPSA) is 104 Å². The maximum Gasteiger partial charge on any atom is 0.325 e. The van der Waals surface area contributed by atoms with E-state index in [2.05, 4.69) is 37.9 Å². The molecule has 0 atom stereocenters. The molecule has 2 saturated carbocycles. The van der Waals surface area contributed by atoms with Gasteiger partial charge in [0.05, 0.1) is 12.7 Å². The molecule has 0 aromatic rings. The van der Waals surface area contributed by atoms with E-state index in [1.807, 2.05) is 20.8 Å². The summed E-state index contributed by atoms with van der Waals surface area (Å²) in [7, 11) is 0. The first-order chi connectivity index (χ1) is 18.7. The Morgan fingerprint density at radius 3 is 2.23 bits per heavy atom. The van der Waals surface area contributed by atoms with Crippen molar-refractivity contribution in [3.63, 3.8) is 0 Å². The van der Waals surface area contributed by atoms with E-state index in [0.717, 1.165) is 64.8 Å². The zero-order valence-electron chi connectivity index (χ0n) is 24.5. The number of rotatable bonds is 10. The van der Waals surface area contributed by atoms with Crippen LogP contribution in [-0.4, -0.2) is 98.2 Å². The Balaban J connectivity index is 1.04. The maximum atomic E-state index is 12.6. The molecule has 2 heterocycles. The molecule has 10 heteroatoms. The van der Waals surface area contributed by atoms with Crippen molar-refractivity contribution in [3.8, 4) is 0 Å². The summed E-state index contributed by atoms with van der Waals surface area (Å²) in [6, 6.07) is 0.542. The number of amides is 1. The minimum atomic E-state index is -0.531. The monoisotopic (exact) mass is 567 g/mol. The lowest BCUT2D eigenvalue weighted by molar-refractivity contribution is -0.154. The van der Waals surface area contributed by atoms with Crippen LogP contribution in [0.3, 0.4) is 0 Å². The molecular formula is C29H53N5O4S. The van der Waals surface area contributed by atoms with Gasteiger partial charge < -0.3 is 14.8 Å². The predicted molar refractivity (Wildman–Crippen MR) is 156 cm³/mol. The first-order valence-corrected chi connectivity index (χ1v) is 16.5. The molecule has 2 aliphatic heterocycles. The molecule has 0 unspecified atom stereocenters. The van der Waals surface area contributed by atoms with Crippen LogP contribution < -0.4 is 21.3 Å². The quantitative estimate of drug-likeness (QED) is 0.296. The van der Waals surface area contributed by atoms with E-state index < -0.39 is 5.60 Å². The molecule has 2 aliphatic carbocycles. The number of hydrogen-bond acceptors (Lipinski definition) is 9. The molecule has 0 aromatic carbocycles. The van der Waals surface area contributed by atoms with E-state index >= 15 is 0 Å². The van der Waals surface area contributed by atoms with Gasteiger partial charge in [-0.05, 0) is 84.0 Å². The van der Waals surface area contributed by atoms with Crippen LogP contribution in [-0.2, 0) is 19.1 Å². The Morgan fingerprint density at radius 1 is 0.923 bits per heavy atom. The molecule has 4 N–H and O–H groups in total. The van der Waals surface area contributed by atoms with E-state index in [1.165, 1.54) is 37.4 Å². The van der Waals surface area contributed by atoms with Crippen LogP contribution >= 0.6 is 11.8 Å². The van der Waals surface area contributed by atoms with Gasteiger partial charge in [-0.2, -0.15) is 11.8 Å². The Labute approximate surface area is 240 Å². The molecule has 1 amide bonds. The van der Waals surface area contributed by atoms with Crippen LogP contribution in [0.5, 0.6) is 0 Å². The Hall–Kier alpha value is -0.910. The summed E-state index contributed by atoms with van der Waals surface area (Å²) >= 11 is 2.06. The summed E-state index contributed by atoms with van der Waals surface area (Å²) < 4.78 is 11.5. The number of nitrogens with one attached hydrogen (secondary N) is 4. The van der Waals surface area contributed by atoms with Gasteiger partial charge in [-0.15, -0.1) is 0 Å². The Morgan fingerprint density at radius 2 is 1.59 bits per heavy atom. The van der Waals surface area contributed by atoms with Crippen LogP contribution in [0.4, 0.5) is 0 Å². The fourth-order valence-corrected chi connectivity index (χ4v) is 7.45. The predicted octanol–water partition coefficient (Wildman–Crippen LogP) is 2.31. The van der Waals surface area contributed by atoms with Crippen molar-refractivity contribution < 1.29 is 19.1 Å². The molecule has 0 spiro atoms. The molecule has 0 bridgehead atoms. The van der Waals surface area contributed by atoms with Crippen molar-refractivity contribution in [1.29, 1.82) is 0 Å². The lowest BCUT2D eigenvalue weighted by atomic mass is 9.75. The number of thioether (sulfide) groups is 1. The number of carbonyl (C=O) groups is 2. The highest BCUT2D eigenvalue weighted by Crippen LogP contribution is 2.34. The van der Waals surface area contributed by atoms with Gasteiger partial charge in [-0.25, -0.2) is 0 Å². The lowest BCUT2D eigenvalue weighted by Crippen LogP contribution is -2.63. The molecule has 39 heavy (non-hydrogen) atoms. The summed E-state index contributed by atoms with van der Waals surface area (Å²) in [5.41, 5.74) is -0.531. The highest BCUT2D eigenvalue weighted by molar-refractivity contribution is 7.99. The van der Waals surface area contributed by atoms with E-state index in [0.29, 0.717) is 24.0 Å². The van der Waals surface area contributed by atoms with Crippen molar-refractivity contribution in [1.82, 2.24) is 26.2 Å². The molecule has 0 radical (unpaired) electrons. The number of nitrogens with zero attached hydrogens (tertiary/aromatic N) is 1. The van der Waals surface area contributed by atoms with Crippen LogP contribution in [0.15, 0.2) is 0 Å². The average Bonchev–Trinajstić information content (AvgIpc) is 2.93. The van der Waals surface area contributed by atoms with Crippen LogP contribution in [0.2, 0.25) is 0 Å². The third kappa shape index (κ3) is 10.8. The van der Waals surface area contributed by atoms with E-state index in [-0.39, 0.29) is 30.6 Å². The fourth-order valence-electron chi connectivity index (χ4n) is 6.47. The van der Waals surface area contributed by atoms with Gasteiger partial charge in [0.25, 0.3) is 0 Å². The van der Waals surface area contributed by atoms with Gasteiger partial charge in [0, 0.05) is 56.2 Å². The highest BCUT2D eigenvalue weighted by Gasteiger charge is 2.34. The van der Waals surface area contributed by atoms with Crippen molar-refractivity contribution in [3.05, 3.63) is 0 Å². The molecule has 4 aliphatic rings. The second kappa shape index (κ2) is 15.4. The maximum absolute atomic E-state index is 12.6. The lowest BCUT2D eigenvalue weighted by Gasteiger charge is -2.40. The average molecular weight is 568 g/mol. The highest BCUT2D eigenvalue weighted by atomic mass is 32.2. The number of esters is 1. The summed E-state index contributed by atoms with van der Waals surface area (Å²) in [5.74, 6) is 3.37.